The molecule has 2 amide bonds. The summed E-state index contributed by atoms with van der Waals surface area (Å²) in [5.74, 6) is -0.893. The number of fused-ring (bicyclic) bond motifs is 7. The maximum Gasteiger partial charge on any atom is 0.239 e. The number of ether oxygens (including phenoxy) is 4. The van der Waals surface area contributed by atoms with Crippen LogP contribution in [-0.2, 0) is 25.2 Å². The van der Waals surface area contributed by atoms with Crippen LogP contribution in [0.4, 0.5) is 5.69 Å². The molecule has 2 fully saturated rings. The predicted octanol–water partition coefficient (Wildman–Crippen LogP) is 7.10. The summed E-state index contributed by atoms with van der Waals surface area (Å²) in [5.41, 5.74) is 1.29. The van der Waals surface area contributed by atoms with E-state index >= 15 is 14.4 Å². The zero-order valence-electron chi connectivity index (χ0n) is 26.3. The molecule has 0 N–H and O–H groups in total. The number of allylic oxidation sites excluding steroid dienone is 2. The molecule has 244 valence electrons. The van der Waals surface area contributed by atoms with Crippen molar-refractivity contribution < 1.29 is 33.3 Å². The SMILES string of the molecule is O=C1[C@H]2[C@H](C(=O)N1c1ccc(Br)cc1)[C@@]1(c3ccccc3)C(=O)[C@@]2(c2ccccc2)C(c2ccc3c(c2)OCO3)=C1c1ccc2c(c1)OCO2. The number of carbonyl (C=O) groups is 3. The smallest absolute Gasteiger partial charge is 0.239 e. The van der Waals surface area contributed by atoms with Gasteiger partial charge in [0.05, 0.1) is 28.4 Å². The molecule has 0 spiro atoms. The maximum atomic E-state index is 16.2. The van der Waals surface area contributed by atoms with Crippen LogP contribution < -0.4 is 23.8 Å². The second-order valence-corrected chi connectivity index (χ2v) is 13.9. The van der Waals surface area contributed by atoms with Crippen LogP contribution in [0.1, 0.15) is 22.3 Å². The summed E-state index contributed by atoms with van der Waals surface area (Å²) in [6.07, 6.45) is 0. The summed E-state index contributed by atoms with van der Waals surface area (Å²) in [6.45, 7) is 0.146. The summed E-state index contributed by atoms with van der Waals surface area (Å²) in [4.78, 5) is 47.8. The Hall–Kier alpha value is -5.67. The van der Waals surface area contributed by atoms with E-state index in [1.54, 1.807) is 24.3 Å². The van der Waals surface area contributed by atoms with E-state index in [4.69, 9.17) is 18.9 Å². The van der Waals surface area contributed by atoms with Crippen molar-refractivity contribution in [2.24, 2.45) is 11.8 Å². The fourth-order valence-corrected chi connectivity index (χ4v) is 9.34. The third-order valence-electron chi connectivity index (χ3n) is 10.9. The molecule has 50 heavy (non-hydrogen) atoms. The van der Waals surface area contributed by atoms with E-state index in [2.05, 4.69) is 15.9 Å². The Kier molecular flexibility index (Phi) is 6.10. The molecule has 0 unspecified atom stereocenters. The predicted molar refractivity (Wildman–Crippen MR) is 187 cm³/mol. The average molecular weight is 725 g/mol. The molecule has 2 bridgehead atoms. The Bertz CT molecular complexity index is 2180. The Labute approximate surface area is 295 Å². The van der Waals surface area contributed by atoms with Crippen molar-refractivity contribution in [1.82, 2.24) is 0 Å². The molecule has 3 aliphatic heterocycles. The highest BCUT2D eigenvalue weighted by molar-refractivity contribution is 9.10. The van der Waals surface area contributed by atoms with Crippen LogP contribution in [0.15, 0.2) is 126 Å². The minimum Gasteiger partial charge on any atom is -0.454 e. The van der Waals surface area contributed by atoms with Crippen molar-refractivity contribution in [2.45, 2.75) is 10.8 Å². The second-order valence-electron chi connectivity index (χ2n) is 13.0. The molecule has 8 nitrogen and oxygen atoms in total. The van der Waals surface area contributed by atoms with Crippen molar-refractivity contribution in [3.8, 4) is 23.0 Å². The number of rotatable bonds is 5. The molecule has 5 aliphatic rings. The fraction of sp³-hybridized carbons (Fsp3) is 0.146. The molecule has 5 aromatic carbocycles. The number of imide groups is 1. The lowest BCUT2D eigenvalue weighted by molar-refractivity contribution is -0.130. The van der Waals surface area contributed by atoms with Crippen LogP contribution >= 0.6 is 15.9 Å². The molecule has 9 heteroatoms. The van der Waals surface area contributed by atoms with Gasteiger partial charge in [0.25, 0.3) is 0 Å². The molecular weight excluding hydrogens is 698 g/mol. The summed E-state index contributed by atoms with van der Waals surface area (Å²) in [6, 6.07) is 37.2. The van der Waals surface area contributed by atoms with Gasteiger partial charge in [-0.05, 0) is 81.9 Å². The normalized spacial score (nSPS) is 25.5. The Balaban J connectivity index is 1.37. The maximum absolute atomic E-state index is 16.2. The first-order valence-corrected chi connectivity index (χ1v) is 17.1. The number of benzene rings is 5. The van der Waals surface area contributed by atoms with E-state index in [0.29, 0.717) is 62.1 Å². The first-order chi connectivity index (χ1) is 24.5. The second kappa shape index (κ2) is 10.4. The average Bonchev–Trinajstić information content (AvgIpc) is 3.96. The summed E-state index contributed by atoms with van der Waals surface area (Å²) in [7, 11) is 0. The van der Waals surface area contributed by atoms with E-state index in [0.717, 1.165) is 4.47 Å². The van der Waals surface area contributed by atoms with E-state index in [9.17, 15) is 0 Å². The fourth-order valence-electron chi connectivity index (χ4n) is 9.07. The summed E-state index contributed by atoms with van der Waals surface area (Å²) < 4.78 is 23.9. The highest BCUT2D eigenvalue weighted by atomic mass is 79.9. The summed E-state index contributed by atoms with van der Waals surface area (Å²) in [5, 5.41) is 0. The van der Waals surface area contributed by atoms with Gasteiger partial charge >= 0.3 is 0 Å². The van der Waals surface area contributed by atoms with Crippen LogP contribution in [0.3, 0.4) is 0 Å². The standard InChI is InChI=1S/C41H26BrNO7/c42-27-13-15-28(16-14-27)43-37(44)35-36(38(43)45)41(26-9-5-2-6-10-26)34(24-12-18-30-32(20-24)50-22-48-30)33(23-11-17-29-31(19-23)49-21-47-29)40(35,39(41)46)25-7-3-1-4-8-25/h1-20,35-36H,21-22H2/t35-,36-,40+,41+/m1/s1. The van der Waals surface area contributed by atoms with Gasteiger partial charge in [-0.1, -0.05) is 88.7 Å². The monoisotopic (exact) mass is 723 g/mol. The Morgan fingerprint density at radius 3 is 1.44 bits per heavy atom. The van der Waals surface area contributed by atoms with Gasteiger partial charge in [-0.15, -0.1) is 0 Å². The number of anilines is 1. The van der Waals surface area contributed by atoms with Crippen LogP contribution in [-0.4, -0.2) is 31.2 Å². The topological polar surface area (TPSA) is 91.4 Å². The first kappa shape index (κ1) is 29.3. The Morgan fingerprint density at radius 2 is 0.980 bits per heavy atom. The third kappa shape index (κ3) is 3.57. The first-order valence-electron chi connectivity index (χ1n) is 16.3. The number of Topliss-reactive ketones (excluding diaryl/α,β-unsaturated/α-hetero) is 1. The minimum absolute atomic E-state index is 0.0728. The van der Waals surface area contributed by atoms with Crippen molar-refractivity contribution in [1.29, 1.82) is 0 Å². The number of carbonyl (C=O) groups excluding carboxylic acids is 3. The van der Waals surface area contributed by atoms with Gasteiger partial charge in [0, 0.05) is 4.47 Å². The van der Waals surface area contributed by atoms with E-state index < -0.39 is 34.5 Å². The van der Waals surface area contributed by atoms with Crippen LogP contribution in [0.25, 0.3) is 11.1 Å². The molecule has 4 atom stereocenters. The third-order valence-corrected chi connectivity index (χ3v) is 11.4. The zero-order valence-corrected chi connectivity index (χ0v) is 27.9. The molecule has 1 saturated carbocycles. The number of hydrogen-bond donors (Lipinski definition) is 0. The quantitative estimate of drug-likeness (QED) is 0.179. The lowest BCUT2D eigenvalue weighted by Gasteiger charge is -2.39. The van der Waals surface area contributed by atoms with Crippen LogP contribution in [0.2, 0.25) is 0 Å². The van der Waals surface area contributed by atoms with Crippen LogP contribution in [0, 0.1) is 11.8 Å². The van der Waals surface area contributed by atoms with Gasteiger partial charge in [0.1, 0.15) is 0 Å². The molecular formula is C41H26BrNO7. The van der Waals surface area contributed by atoms with Gasteiger partial charge in [-0.3, -0.25) is 14.4 Å². The molecule has 10 rings (SSSR count). The number of hydrogen-bond acceptors (Lipinski definition) is 7. The molecule has 5 aromatic rings. The lowest BCUT2D eigenvalue weighted by Crippen LogP contribution is -2.45. The van der Waals surface area contributed by atoms with E-state index in [1.807, 2.05) is 97.1 Å². The van der Waals surface area contributed by atoms with Gasteiger partial charge in [-0.25, -0.2) is 4.90 Å². The van der Waals surface area contributed by atoms with E-state index in [1.165, 1.54) is 4.90 Å². The highest BCUT2D eigenvalue weighted by Gasteiger charge is 2.82. The van der Waals surface area contributed by atoms with Crippen LogP contribution in [0.5, 0.6) is 23.0 Å². The molecule has 0 aromatic heterocycles. The minimum atomic E-state index is -1.56. The summed E-state index contributed by atoms with van der Waals surface area (Å²) >= 11 is 3.48. The van der Waals surface area contributed by atoms with Crippen molar-refractivity contribution in [3.05, 3.63) is 148 Å². The number of ketones is 1. The lowest BCUT2D eigenvalue weighted by atomic mass is 9.59. The van der Waals surface area contributed by atoms with Crippen molar-refractivity contribution in [2.75, 3.05) is 18.5 Å². The van der Waals surface area contributed by atoms with Crippen molar-refractivity contribution >= 4 is 50.4 Å². The molecule has 0 radical (unpaired) electrons. The van der Waals surface area contributed by atoms with E-state index in [-0.39, 0.29) is 19.4 Å². The Morgan fingerprint density at radius 1 is 0.540 bits per heavy atom. The molecule has 3 heterocycles. The zero-order chi connectivity index (χ0) is 33.8. The largest absolute Gasteiger partial charge is 0.454 e. The van der Waals surface area contributed by atoms with Crippen molar-refractivity contribution in [3.63, 3.8) is 0 Å². The number of nitrogens with zero attached hydrogens (tertiary/aromatic N) is 1. The van der Waals surface area contributed by atoms with Gasteiger partial charge in [-0.2, -0.15) is 0 Å². The molecule has 2 aliphatic carbocycles. The van der Waals surface area contributed by atoms with Gasteiger partial charge in [0.2, 0.25) is 25.4 Å². The van der Waals surface area contributed by atoms with Gasteiger partial charge in [0.15, 0.2) is 28.8 Å². The number of halogens is 1. The van der Waals surface area contributed by atoms with Gasteiger partial charge < -0.3 is 18.9 Å². The molecule has 1 saturated heterocycles. The number of amides is 2. The highest BCUT2D eigenvalue weighted by Crippen LogP contribution is 2.74.